The van der Waals surface area contributed by atoms with E-state index in [4.69, 9.17) is 4.74 Å². The minimum absolute atomic E-state index is 0.238. The van der Waals surface area contributed by atoms with Crippen molar-refractivity contribution in [2.45, 2.75) is 49.6 Å². The molecule has 2 fully saturated rings. The van der Waals surface area contributed by atoms with Gasteiger partial charge < -0.3 is 15.4 Å². The molecule has 2 N–H and O–H groups in total. The molecule has 0 aliphatic carbocycles. The molecule has 0 aromatic heterocycles. The van der Waals surface area contributed by atoms with Crippen LogP contribution in [0.4, 0.5) is 0 Å². The molecule has 1 aromatic rings. The smallest absolute Gasteiger partial charge is 0.243 e. The summed E-state index contributed by atoms with van der Waals surface area (Å²) < 4.78 is 32.9. The number of guanidine groups is 1. The van der Waals surface area contributed by atoms with Gasteiger partial charge in [-0.3, -0.25) is 4.99 Å². The van der Waals surface area contributed by atoms with Crippen LogP contribution in [0.25, 0.3) is 0 Å². The number of piperidine rings is 1. The zero-order valence-electron chi connectivity index (χ0n) is 16.0. The van der Waals surface area contributed by atoms with Crippen molar-refractivity contribution in [1.82, 2.24) is 14.9 Å². The Bertz CT molecular complexity index is 739. The van der Waals surface area contributed by atoms with Crippen LogP contribution in [0.3, 0.4) is 0 Å². The fourth-order valence-corrected chi connectivity index (χ4v) is 5.08. The van der Waals surface area contributed by atoms with Crippen LogP contribution in [-0.2, 0) is 21.3 Å². The molecule has 0 bridgehead atoms. The molecular weight excluding hydrogens is 364 g/mol. The van der Waals surface area contributed by atoms with Crippen molar-refractivity contribution < 1.29 is 13.2 Å². The minimum atomic E-state index is -3.41. The Labute approximate surface area is 162 Å². The van der Waals surface area contributed by atoms with Gasteiger partial charge in [-0.15, -0.1) is 0 Å². The molecule has 8 heteroatoms. The number of hydrogen-bond acceptors (Lipinski definition) is 4. The Morgan fingerprint density at radius 1 is 1.22 bits per heavy atom. The number of rotatable bonds is 6. The van der Waals surface area contributed by atoms with Crippen LogP contribution < -0.4 is 10.6 Å². The number of ether oxygens (including phenoxy) is 1. The highest BCUT2D eigenvalue weighted by Crippen LogP contribution is 2.21. The van der Waals surface area contributed by atoms with Crippen molar-refractivity contribution in [3.8, 4) is 0 Å². The summed E-state index contributed by atoms with van der Waals surface area (Å²) in [5.41, 5.74) is 0.910. The summed E-state index contributed by atoms with van der Waals surface area (Å²) in [6, 6.07) is 7.16. The summed E-state index contributed by atoms with van der Waals surface area (Å²) in [6.45, 7) is 3.30. The van der Waals surface area contributed by atoms with Gasteiger partial charge in [0.2, 0.25) is 10.0 Å². The van der Waals surface area contributed by atoms with Crippen LogP contribution in [-0.4, -0.2) is 58.1 Å². The van der Waals surface area contributed by atoms with E-state index in [1.165, 1.54) is 0 Å². The molecule has 3 rings (SSSR count). The molecule has 0 saturated carbocycles. The Morgan fingerprint density at radius 2 is 2.04 bits per heavy atom. The lowest BCUT2D eigenvalue weighted by Gasteiger charge is -2.26. The second kappa shape index (κ2) is 9.52. The van der Waals surface area contributed by atoms with E-state index in [-0.39, 0.29) is 6.10 Å². The molecule has 27 heavy (non-hydrogen) atoms. The first-order chi connectivity index (χ1) is 13.1. The number of nitrogens with one attached hydrogen (secondary N) is 2. The van der Waals surface area contributed by atoms with Gasteiger partial charge in [-0.25, -0.2) is 8.42 Å². The number of benzene rings is 1. The van der Waals surface area contributed by atoms with Crippen LogP contribution in [0.5, 0.6) is 0 Å². The first-order valence-electron chi connectivity index (χ1n) is 9.75. The zero-order valence-corrected chi connectivity index (χ0v) is 16.8. The van der Waals surface area contributed by atoms with Gasteiger partial charge in [-0.1, -0.05) is 18.6 Å². The highest BCUT2D eigenvalue weighted by molar-refractivity contribution is 7.89. The number of sulfonamides is 1. The van der Waals surface area contributed by atoms with Crippen LogP contribution in [0.1, 0.15) is 37.7 Å². The maximum Gasteiger partial charge on any atom is 0.243 e. The third-order valence-electron chi connectivity index (χ3n) is 5.06. The Hall–Kier alpha value is -1.64. The van der Waals surface area contributed by atoms with Crippen LogP contribution >= 0.6 is 0 Å². The van der Waals surface area contributed by atoms with Crippen LogP contribution in [0.2, 0.25) is 0 Å². The summed E-state index contributed by atoms with van der Waals surface area (Å²) in [5.74, 6) is 0.690. The second-order valence-electron chi connectivity index (χ2n) is 7.05. The van der Waals surface area contributed by atoms with E-state index in [1.54, 1.807) is 29.6 Å². The largest absolute Gasteiger partial charge is 0.376 e. The van der Waals surface area contributed by atoms with Crippen molar-refractivity contribution in [1.29, 1.82) is 0 Å². The normalized spacial score (nSPS) is 22.0. The van der Waals surface area contributed by atoms with Gasteiger partial charge in [0.05, 0.1) is 11.0 Å². The molecule has 0 amide bonds. The number of aliphatic imine (C=N–C) groups is 1. The van der Waals surface area contributed by atoms with Gasteiger partial charge in [0.15, 0.2) is 5.96 Å². The van der Waals surface area contributed by atoms with E-state index in [9.17, 15) is 8.42 Å². The monoisotopic (exact) mass is 394 g/mol. The van der Waals surface area contributed by atoms with E-state index < -0.39 is 10.0 Å². The lowest BCUT2D eigenvalue weighted by molar-refractivity contribution is 0.114. The summed E-state index contributed by atoms with van der Waals surface area (Å²) in [5, 5.41) is 6.51. The molecule has 0 radical (unpaired) electrons. The van der Waals surface area contributed by atoms with Gasteiger partial charge in [0, 0.05) is 39.8 Å². The second-order valence-corrected chi connectivity index (χ2v) is 8.99. The quantitative estimate of drug-likeness (QED) is 0.567. The zero-order chi connectivity index (χ0) is 19.1. The fourth-order valence-electron chi connectivity index (χ4n) is 3.49. The molecule has 1 unspecified atom stereocenters. The molecule has 2 aliphatic heterocycles. The fraction of sp³-hybridized carbons (Fsp3) is 0.632. The standard InChI is InChI=1S/C19H30N4O3S/c1-20-19(22-15-17-8-6-12-26-17)21-14-16-7-5-9-18(13-16)27(24,25)23-10-3-2-4-11-23/h5,7,9,13,17H,2-4,6,8,10-12,14-15H2,1H3,(H2,20,21,22). The molecule has 2 saturated heterocycles. The molecule has 150 valence electrons. The van der Waals surface area contributed by atoms with Crippen molar-refractivity contribution in [3.63, 3.8) is 0 Å². The summed E-state index contributed by atoms with van der Waals surface area (Å²) in [4.78, 5) is 4.59. The van der Waals surface area contributed by atoms with Gasteiger partial charge >= 0.3 is 0 Å². The number of nitrogens with zero attached hydrogens (tertiary/aromatic N) is 2. The van der Waals surface area contributed by atoms with E-state index in [0.717, 1.165) is 50.8 Å². The van der Waals surface area contributed by atoms with Crippen molar-refractivity contribution in [2.24, 2.45) is 4.99 Å². The molecule has 1 aromatic carbocycles. The summed E-state index contributed by atoms with van der Waals surface area (Å²) in [7, 11) is -1.68. The average Bonchev–Trinajstić information content (AvgIpc) is 3.23. The first kappa shape index (κ1) is 20.1. The topological polar surface area (TPSA) is 83.0 Å². The van der Waals surface area contributed by atoms with Crippen molar-refractivity contribution in [3.05, 3.63) is 29.8 Å². The maximum atomic E-state index is 12.8. The highest BCUT2D eigenvalue weighted by Gasteiger charge is 2.25. The third-order valence-corrected chi connectivity index (χ3v) is 6.95. The van der Waals surface area contributed by atoms with Gasteiger partial charge in [0.1, 0.15) is 0 Å². The average molecular weight is 395 g/mol. The molecule has 0 spiro atoms. The molecule has 7 nitrogen and oxygen atoms in total. The third kappa shape index (κ3) is 5.43. The van der Waals surface area contributed by atoms with Crippen LogP contribution in [0.15, 0.2) is 34.2 Å². The van der Waals surface area contributed by atoms with E-state index in [2.05, 4.69) is 15.6 Å². The maximum absolute atomic E-state index is 12.8. The first-order valence-corrected chi connectivity index (χ1v) is 11.2. The Morgan fingerprint density at radius 3 is 2.74 bits per heavy atom. The van der Waals surface area contributed by atoms with Crippen molar-refractivity contribution >= 4 is 16.0 Å². The van der Waals surface area contributed by atoms with Crippen molar-refractivity contribution in [2.75, 3.05) is 33.3 Å². The van der Waals surface area contributed by atoms with Gasteiger partial charge in [-0.05, 0) is 43.4 Å². The van der Waals surface area contributed by atoms with Gasteiger partial charge in [-0.2, -0.15) is 4.31 Å². The predicted octanol–water partition coefficient (Wildman–Crippen LogP) is 1.71. The summed E-state index contributed by atoms with van der Waals surface area (Å²) in [6.07, 6.45) is 5.40. The van der Waals surface area contributed by atoms with E-state index >= 15 is 0 Å². The summed E-state index contributed by atoms with van der Waals surface area (Å²) >= 11 is 0. The van der Waals surface area contributed by atoms with Crippen LogP contribution in [0, 0.1) is 0 Å². The predicted molar refractivity (Wildman–Crippen MR) is 106 cm³/mol. The highest BCUT2D eigenvalue weighted by atomic mass is 32.2. The van der Waals surface area contributed by atoms with E-state index in [1.807, 2.05) is 6.07 Å². The Kier molecular flexibility index (Phi) is 7.09. The SMILES string of the molecule is CN=C(NCc1cccc(S(=O)(=O)N2CCCCC2)c1)NCC1CCCO1. The minimum Gasteiger partial charge on any atom is -0.376 e. The Balaban J connectivity index is 1.58. The number of hydrogen-bond donors (Lipinski definition) is 2. The van der Waals surface area contributed by atoms with E-state index in [0.29, 0.717) is 30.5 Å². The molecular formula is C19H30N4O3S. The lowest BCUT2D eigenvalue weighted by atomic mass is 10.2. The molecule has 1 atom stereocenters. The molecule has 2 aliphatic rings. The molecule has 2 heterocycles. The van der Waals surface area contributed by atoms with Gasteiger partial charge in [0.25, 0.3) is 0 Å². The lowest BCUT2D eigenvalue weighted by Crippen LogP contribution is -2.40.